The highest BCUT2D eigenvalue weighted by molar-refractivity contribution is 6.31. The lowest BCUT2D eigenvalue weighted by atomic mass is 10.1. The maximum absolute atomic E-state index is 12.7. The Morgan fingerprint density at radius 3 is 2.35 bits per heavy atom. The van der Waals surface area contributed by atoms with Gasteiger partial charge in [0.25, 0.3) is 5.91 Å². The van der Waals surface area contributed by atoms with Gasteiger partial charge in [-0.05, 0) is 49.4 Å². The largest absolute Gasteiger partial charge is 0.496 e. The van der Waals surface area contributed by atoms with E-state index < -0.39 is 11.9 Å². The van der Waals surface area contributed by atoms with Gasteiger partial charge in [-0.15, -0.1) is 0 Å². The van der Waals surface area contributed by atoms with Gasteiger partial charge < -0.3 is 14.8 Å². The Labute approximate surface area is 156 Å². The van der Waals surface area contributed by atoms with E-state index in [0.29, 0.717) is 27.8 Å². The minimum absolute atomic E-state index is 0.160. The smallest absolute Gasteiger partial charge is 0.333 e. The van der Waals surface area contributed by atoms with E-state index >= 15 is 0 Å². The minimum Gasteiger partial charge on any atom is -0.496 e. The third kappa shape index (κ3) is 3.11. The van der Waals surface area contributed by atoms with E-state index in [-0.39, 0.29) is 5.70 Å². The first-order chi connectivity index (χ1) is 12.5. The van der Waals surface area contributed by atoms with E-state index in [4.69, 9.17) is 21.1 Å². The second kappa shape index (κ2) is 7.09. The van der Waals surface area contributed by atoms with Crippen LogP contribution < -0.4 is 19.7 Å². The molecule has 3 rings (SSSR count). The van der Waals surface area contributed by atoms with Crippen molar-refractivity contribution in [2.45, 2.75) is 6.92 Å². The minimum atomic E-state index is -0.521. The summed E-state index contributed by atoms with van der Waals surface area (Å²) in [5.41, 5.74) is 2.06. The molecular formula is C19H17ClN2O4. The number of hydrogen-bond donors (Lipinski definition) is 1. The van der Waals surface area contributed by atoms with Crippen LogP contribution in [0.2, 0.25) is 5.02 Å². The maximum atomic E-state index is 12.7. The fraction of sp³-hybridized carbons (Fsp3) is 0.158. The molecule has 1 aliphatic heterocycles. The van der Waals surface area contributed by atoms with E-state index in [2.05, 4.69) is 5.32 Å². The number of amides is 3. The molecule has 0 atom stereocenters. The monoisotopic (exact) mass is 372 g/mol. The van der Waals surface area contributed by atoms with Crippen molar-refractivity contribution < 1.29 is 19.1 Å². The zero-order valence-corrected chi connectivity index (χ0v) is 15.3. The van der Waals surface area contributed by atoms with Crippen molar-refractivity contribution in [3.8, 4) is 11.5 Å². The normalized spacial score (nSPS) is 15.4. The lowest BCUT2D eigenvalue weighted by molar-refractivity contribution is -0.113. The average Bonchev–Trinajstić information content (AvgIpc) is 2.90. The molecule has 0 bridgehead atoms. The first kappa shape index (κ1) is 17.8. The van der Waals surface area contributed by atoms with Crippen molar-refractivity contribution >= 4 is 35.3 Å². The summed E-state index contributed by atoms with van der Waals surface area (Å²) in [6, 6.07) is 9.49. The van der Waals surface area contributed by atoms with Crippen molar-refractivity contribution in [3.05, 3.63) is 58.2 Å². The van der Waals surface area contributed by atoms with Gasteiger partial charge in [-0.25, -0.2) is 9.69 Å². The van der Waals surface area contributed by atoms with Gasteiger partial charge in [0.05, 0.1) is 19.9 Å². The predicted molar refractivity (Wildman–Crippen MR) is 99.7 cm³/mol. The third-order valence-corrected chi connectivity index (χ3v) is 4.33. The number of methoxy groups -OCH3 is 2. The van der Waals surface area contributed by atoms with Crippen LogP contribution >= 0.6 is 11.6 Å². The van der Waals surface area contributed by atoms with Crippen LogP contribution in [-0.2, 0) is 4.79 Å². The molecule has 2 aromatic carbocycles. The molecule has 1 saturated heterocycles. The highest BCUT2D eigenvalue weighted by atomic mass is 35.5. The fourth-order valence-electron chi connectivity index (χ4n) is 2.82. The molecule has 1 heterocycles. The van der Waals surface area contributed by atoms with Gasteiger partial charge >= 0.3 is 6.03 Å². The molecule has 134 valence electrons. The first-order valence-corrected chi connectivity index (χ1v) is 8.18. The first-order valence-electron chi connectivity index (χ1n) is 7.80. The molecular weight excluding hydrogens is 356 g/mol. The summed E-state index contributed by atoms with van der Waals surface area (Å²) in [4.78, 5) is 26.0. The third-order valence-electron chi connectivity index (χ3n) is 4.07. The Balaban J connectivity index is 1.98. The summed E-state index contributed by atoms with van der Waals surface area (Å²) >= 11 is 5.86. The molecule has 3 amide bonds. The molecule has 1 N–H and O–H groups in total. The quantitative estimate of drug-likeness (QED) is 0.655. The zero-order chi connectivity index (χ0) is 18.8. The van der Waals surface area contributed by atoms with Gasteiger partial charge in [-0.2, -0.15) is 0 Å². The van der Waals surface area contributed by atoms with Gasteiger partial charge in [-0.3, -0.25) is 4.79 Å². The summed E-state index contributed by atoms with van der Waals surface area (Å²) in [6.07, 6.45) is 1.58. The molecule has 6 nitrogen and oxygen atoms in total. The number of urea groups is 1. The molecule has 0 saturated carbocycles. The second-order valence-corrected chi connectivity index (χ2v) is 6.06. The molecule has 0 unspecified atom stereocenters. The number of carbonyl (C=O) groups excluding carboxylic acids is 2. The summed E-state index contributed by atoms with van der Waals surface area (Å²) in [5, 5.41) is 3.12. The van der Waals surface area contributed by atoms with Crippen molar-refractivity contribution in [2.75, 3.05) is 19.1 Å². The highest BCUT2D eigenvalue weighted by Crippen LogP contribution is 2.33. The molecule has 1 aliphatic rings. The van der Waals surface area contributed by atoms with E-state index in [1.807, 2.05) is 6.92 Å². The number of benzene rings is 2. The van der Waals surface area contributed by atoms with Crippen LogP contribution in [0.25, 0.3) is 6.08 Å². The van der Waals surface area contributed by atoms with Crippen LogP contribution in [0.1, 0.15) is 11.1 Å². The molecule has 1 fully saturated rings. The molecule has 0 radical (unpaired) electrons. The van der Waals surface area contributed by atoms with E-state index in [1.54, 1.807) is 56.7 Å². The highest BCUT2D eigenvalue weighted by Gasteiger charge is 2.35. The van der Waals surface area contributed by atoms with Crippen LogP contribution in [0, 0.1) is 6.92 Å². The number of anilines is 1. The summed E-state index contributed by atoms with van der Waals surface area (Å²) in [6.45, 7) is 1.86. The predicted octanol–water partition coefficient (Wildman–Crippen LogP) is 3.76. The molecule has 26 heavy (non-hydrogen) atoms. The Morgan fingerprint density at radius 2 is 1.73 bits per heavy atom. The number of halogens is 1. The SMILES string of the molecule is COc1ccc(/C=C2/NC(=O)N(c3ccc(Cl)cc3)C2=O)c(OC)c1C. The Bertz CT molecular complexity index is 907. The summed E-state index contributed by atoms with van der Waals surface area (Å²) < 4.78 is 10.7. The van der Waals surface area contributed by atoms with E-state index in [0.717, 1.165) is 10.5 Å². The van der Waals surface area contributed by atoms with E-state index in [1.165, 1.54) is 0 Å². The number of imide groups is 1. The number of ether oxygens (including phenoxy) is 2. The van der Waals surface area contributed by atoms with Crippen LogP contribution in [0.15, 0.2) is 42.1 Å². The van der Waals surface area contributed by atoms with Gasteiger partial charge in [0.1, 0.15) is 17.2 Å². The molecule has 0 aromatic heterocycles. The molecule has 2 aromatic rings. The lowest BCUT2D eigenvalue weighted by Gasteiger charge is -2.13. The van der Waals surface area contributed by atoms with Gasteiger partial charge in [0, 0.05) is 16.1 Å². The Hall–Kier alpha value is -2.99. The summed E-state index contributed by atoms with van der Waals surface area (Å²) in [7, 11) is 3.11. The topological polar surface area (TPSA) is 67.9 Å². The van der Waals surface area contributed by atoms with Crippen LogP contribution in [-0.4, -0.2) is 26.2 Å². The molecule has 0 aliphatic carbocycles. The van der Waals surface area contributed by atoms with Gasteiger partial charge in [-0.1, -0.05) is 11.6 Å². The average molecular weight is 373 g/mol. The van der Waals surface area contributed by atoms with Crippen LogP contribution in [0.3, 0.4) is 0 Å². The maximum Gasteiger partial charge on any atom is 0.333 e. The van der Waals surface area contributed by atoms with Crippen LogP contribution in [0.4, 0.5) is 10.5 Å². The molecule has 0 spiro atoms. The van der Waals surface area contributed by atoms with Gasteiger partial charge in [0.15, 0.2) is 0 Å². The number of rotatable bonds is 4. The number of nitrogens with one attached hydrogen (secondary N) is 1. The van der Waals surface area contributed by atoms with Crippen molar-refractivity contribution in [1.29, 1.82) is 0 Å². The Morgan fingerprint density at radius 1 is 1.04 bits per heavy atom. The van der Waals surface area contributed by atoms with E-state index in [9.17, 15) is 9.59 Å². The Kier molecular flexibility index (Phi) is 4.86. The van der Waals surface area contributed by atoms with Crippen molar-refractivity contribution in [3.63, 3.8) is 0 Å². The second-order valence-electron chi connectivity index (χ2n) is 5.62. The molecule has 7 heteroatoms. The number of hydrogen-bond acceptors (Lipinski definition) is 4. The fourth-order valence-corrected chi connectivity index (χ4v) is 2.94. The standard InChI is InChI=1S/C19H17ClN2O4/c1-11-16(25-2)9-4-12(17(11)26-3)10-15-18(23)22(19(24)21-15)14-7-5-13(20)6-8-14/h4-10H,1-3H3,(H,21,24)/b15-10+. The van der Waals surface area contributed by atoms with Gasteiger partial charge in [0.2, 0.25) is 0 Å². The summed E-state index contributed by atoms with van der Waals surface area (Å²) in [5.74, 6) is 0.797. The number of carbonyl (C=O) groups is 2. The van der Waals surface area contributed by atoms with Crippen LogP contribution in [0.5, 0.6) is 11.5 Å². The zero-order valence-electron chi connectivity index (χ0n) is 14.5. The number of nitrogens with zero attached hydrogens (tertiary/aromatic N) is 1. The lowest BCUT2D eigenvalue weighted by Crippen LogP contribution is -2.30. The van der Waals surface area contributed by atoms with Crippen molar-refractivity contribution in [1.82, 2.24) is 5.32 Å². The van der Waals surface area contributed by atoms with Crippen molar-refractivity contribution in [2.24, 2.45) is 0 Å².